The zero-order valence-electron chi connectivity index (χ0n) is 12.8. The highest BCUT2D eigenvalue weighted by atomic mass is 35.5. The van der Waals surface area contributed by atoms with E-state index < -0.39 is 0 Å². The van der Waals surface area contributed by atoms with Crippen LogP contribution in [-0.4, -0.2) is 22.6 Å². The fourth-order valence-corrected chi connectivity index (χ4v) is 4.24. The van der Waals surface area contributed by atoms with E-state index in [4.69, 9.17) is 23.2 Å². The molecule has 23 heavy (non-hydrogen) atoms. The average molecular weight is 366 g/mol. The van der Waals surface area contributed by atoms with Crippen LogP contribution in [-0.2, 0) is 17.8 Å². The second-order valence-electron chi connectivity index (χ2n) is 5.61. The van der Waals surface area contributed by atoms with Crippen LogP contribution in [0.2, 0.25) is 10.0 Å². The number of carbonyl (C=O) groups is 1. The summed E-state index contributed by atoms with van der Waals surface area (Å²) in [7, 11) is 0. The Morgan fingerprint density at radius 1 is 1.17 bits per heavy atom. The lowest BCUT2D eigenvalue weighted by Gasteiger charge is -2.30. The van der Waals surface area contributed by atoms with Gasteiger partial charge >= 0.3 is 0 Å². The molecule has 3 rings (SSSR count). The molecule has 1 amide bonds. The van der Waals surface area contributed by atoms with Gasteiger partial charge in [-0.25, -0.2) is 0 Å². The first-order valence-electron chi connectivity index (χ1n) is 7.52. The molecule has 0 fully saturated rings. The molecule has 5 heteroatoms. The van der Waals surface area contributed by atoms with Crippen molar-refractivity contribution in [3.05, 3.63) is 63.6 Å². The molecule has 1 atom stereocenters. The third-order valence-electron chi connectivity index (χ3n) is 3.99. The fourth-order valence-electron chi connectivity index (χ4n) is 2.75. The molecule has 0 saturated carbocycles. The number of halogens is 2. The van der Waals surface area contributed by atoms with Crippen LogP contribution < -0.4 is 0 Å². The summed E-state index contributed by atoms with van der Waals surface area (Å²) >= 11 is 13.7. The van der Waals surface area contributed by atoms with E-state index in [0.717, 1.165) is 17.9 Å². The SMILES string of the molecule is C[C@@H](Sc1cc(Cl)ccc1Cl)C(=O)N1CCc2ccccc2C1. The molecule has 0 N–H and O–H groups in total. The summed E-state index contributed by atoms with van der Waals surface area (Å²) in [4.78, 5) is 15.5. The standard InChI is InChI=1S/C18H17Cl2NOS/c1-12(23-17-10-15(19)6-7-16(17)20)18(22)21-9-8-13-4-2-3-5-14(13)11-21/h2-7,10,12H,8-9,11H2,1H3/t12-/m1/s1. The molecule has 1 heterocycles. The molecular formula is C18H17Cl2NOS. The minimum Gasteiger partial charge on any atom is -0.337 e. The van der Waals surface area contributed by atoms with Gasteiger partial charge in [-0.1, -0.05) is 47.5 Å². The Hall–Kier alpha value is -1.16. The number of carbonyl (C=O) groups excluding carboxylic acids is 1. The van der Waals surface area contributed by atoms with Crippen molar-refractivity contribution in [3.8, 4) is 0 Å². The van der Waals surface area contributed by atoms with Crippen molar-refractivity contribution in [1.82, 2.24) is 4.90 Å². The Kier molecular flexibility index (Phi) is 5.20. The van der Waals surface area contributed by atoms with Gasteiger partial charge in [0.25, 0.3) is 0 Å². The average Bonchev–Trinajstić information content (AvgIpc) is 2.57. The van der Waals surface area contributed by atoms with E-state index in [1.165, 1.54) is 22.9 Å². The van der Waals surface area contributed by atoms with Crippen LogP contribution in [0.25, 0.3) is 0 Å². The van der Waals surface area contributed by atoms with Crippen LogP contribution in [0.15, 0.2) is 47.4 Å². The molecule has 0 aliphatic carbocycles. The third kappa shape index (κ3) is 3.85. The molecule has 0 spiro atoms. The van der Waals surface area contributed by atoms with Gasteiger partial charge in [0, 0.05) is 23.0 Å². The number of rotatable bonds is 3. The second-order valence-corrected chi connectivity index (χ2v) is 7.84. The van der Waals surface area contributed by atoms with Gasteiger partial charge in [0.15, 0.2) is 0 Å². The van der Waals surface area contributed by atoms with Crippen molar-refractivity contribution in [2.75, 3.05) is 6.54 Å². The molecule has 0 aromatic heterocycles. The van der Waals surface area contributed by atoms with E-state index in [-0.39, 0.29) is 11.2 Å². The number of hydrogen-bond acceptors (Lipinski definition) is 2. The summed E-state index contributed by atoms with van der Waals surface area (Å²) in [5, 5.41) is 1.06. The predicted octanol–water partition coefficient (Wildman–Crippen LogP) is 5.06. The lowest BCUT2D eigenvalue weighted by molar-refractivity contribution is -0.131. The molecule has 0 bridgehead atoms. The maximum atomic E-state index is 12.7. The van der Waals surface area contributed by atoms with Gasteiger partial charge in [-0.3, -0.25) is 4.79 Å². The third-order valence-corrected chi connectivity index (χ3v) is 5.81. The Morgan fingerprint density at radius 3 is 2.70 bits per heavy atom. The zero-order valence-corrected chi connectivity index (χ0v) is 15.1. The number of hydrogen-bond donors (Lipinski definition) is 0. The molecule has 0 radical (unpaired) electrons. The Morgan fingerprint density at radius 2 is 1.91 bits per heavy atom. The van der Waals surface area contributed by atoms with Gasteiger partial charge in [-0.15, -0.1) is 11.8 Å². The van der Waals surface area contributed by atoms with E-state index in [0.29, 0.717) is 16.6 Å². The van der Waals surface area contributed by atoms with Crippen molar-refractivity contribution in [2.24, 2.45) is 0 Å². The molecule has 2 aromatic carbocycles. The molecule has 0 unspecified atom stereocenters. The lowest BCUT2D eigenvalue weighted by Crippen LogP contribution is -2.40. The molecule has 2 nitrogen and oxygen atoms in total. The highest BCUT2D eigenvalue weighted by Gasteiger charge is 2.25. The number of benzene rings is 2. The summed E-state index contributed by atoms with van der Waals surface area (Å²) in [5.41, 5.74) is 2.58. The van der Waals surface area contributed by atoms with E-state index in [1.807, 2.05) is 24.0 Å². The van der Waals surface area contributed by atoms with E-state index in [9.17, 15) is 4.79 Å². The topological polar surface area (TPSA) is 20.3 Å². The number of amides is 1. The first-order chi connectivity index (χ1) is 11.0. The first-order valence-corrected chi connectivity index (χ1v) is 9.15. The minimum absolute atomic E-state index is 0.139. The number of thioether (sulfide) groups is 1. The normalized spacial score (nSPS) is 15.2. The summed E-state index contributed by atoms with van der Waals surface area (Å²) in [6.07, 6.45) is 0.914. The van der Waals surface area contributed by atoms with Crippen LogP contribution in [0.3, 0.4) is 0 Å². The second kappa shape index (κ2) is 7.16. The molecule has 0 saturated heterocycles. The van der Waals surface area contributed by atoms with E-state index in [1.54, 1.807) is 12.1 Å². The lowest BCUT2D eigenvalue weighted by atomic mass is 10.00. The van der Waals surface area contributed by atoms with Gasteiger partial charge in [-0.05, 0) is 42.7 Å². The highest BCUT2D eigenvalue weighted by molar-refractivity contribution is 8.00. The molecule has 1 aliphatic heterocycles. The van der Waals surface area contributed by atoms with Gasteiger partial charge in [0.05, 0.1) is 10.3 Å². The van der Waals surface area contributed by atoms with Gasteiger partial charge in [0.1, 0.15) is 0 Å². The first kappa shape index (κ1) is 16.7. The van der Waals surface area contributed by atoms with Crippen molar-refractivity contribution in [1.29, 1.82) is 0 Å². The zero-order chi connectivity index (χ0) is 16.4. The highest BCUT2D eigenvalue weighted by Crippen LogP contribution is 2.33. The van der Waals surface area contributed by atoms with Crippen LogP contribution in [0.5, 0.6) is 0 Å². The van der Waals surface area contributed by atoms with Crippen LogP contribution in [0.4, 0.5) is 0 Å². The van der Waals surface area contributed by atoms with E-state index >= 15 is 0 Å². The number of nitrogens with zero attached hydrogens (tertiary/aromatic N) is 1. The van der Waals surface area contributed by atoms with Gasteiger partial charge in [-0.2, -0.15) is 0 Å². The molecular weight excluding hydrogens is 349 g/mol. The maximum absolute atomic E-state index is 12.7. The Balaban J connectivity index is 1.70. The summed E-state index contributed by atoms with van der Waals surface area (Å²) in [5.74, 6) is 0.139. The molecule has 1 aliphatic rings. The molecule has 120 valence electrons. The van der Waals surface area contributed by atoms with Crippen LogP contribution in [0.1, 0.15) is 18.1 Å². The summed E-state index contributed by atoms with van der Waals surface area (Å²) < 4.78 is 0. The van der Waals surface area contributed by atoms with Crippen LogP contribution in [0, 0.1) is 0 Å². The Bertz CT molecular complexity index is 735. The number of fused-ring (bicyclic) bond motifs is 1. The summed E-state index contributed by atoms with van der Waals surface area (Å²) in [6.45, 7) is 3.37. The van der Waals surface area contributed by atoms with Crippen molar-refractivity contribution < 1.29 is 4.79 Å². The largest absolute Gasteiger partial charge is 0.337 e. The summed E-state index contributed by atoms with van der Waals surface area (Å²) in [6, 6.07) is 13.6. The van der Waals surface area contributed by atoms with Gasteiger partial charge in [0.2, 0.25) is 5.91 Å². The smallest absolute Gasteiger partial charge is 0.236 e. The van der Waals surface area contributed by atoms with Gasteiger partial charge < -0.3 is 4.90 Å². The van der Waals surface area contributed by atoms with Crippen molar-refractivity contribution in [3.63, 3.8) is 0 Å². The van der Waals surface area contributed by atoms with E-state index in [2.05, 4.69) is 18.2 Å². The van der Waals surface area contributed by atoms with Crippen molar-refractivity contribution >= 4 is 40.9 Å². The quantitative estimate of drug-likeness (QED) is 0.708. The minimum atomic E-state index is -0.198. The Labute approximate surface area is 150 Å². The van der Waals surface area contributed by atoms with Crippen LogP contribution >= 0.6 is 35.0 Å². The predicted molar refractivity (Wildman–Crippen MR) is 97.3 cm³/mol. The van der Waals surface area contributed by atoms with Crippen molar-refractivity contribution in [2.45, 2.75) is 30.0 Å². The maximum Gasteiger partial charge on any atom is 0.236 e. The monoisotopic (exact) mass is 365 g/mol. The fraction of sp³-hybridized carbons (Fsp3) is 0.278. The molecule has 2 aromatic rings.